The maximum atomic E-state index is 5.74. The van der Waals surface area contributed by atoms with Crippen molar-refractivity contribution >= 4 is 41.2 Å². The second kappa shape index (κ2) is 7.56. The SMILES string of the molecule is Clc1cc(OCc2ccc(-n3ccnc3)cc2)cnn1.[NaH]. The Hall–Kier alpha value is -1.40. The Labute approximate surface area is 149 Å². The molecule has 0 bridgehead atoms. The average molecular weight is 311 g/mol. The molecule has 0 spiro atoms. The van der Waals surface area contributed by atoms with Crippen molar-refractivity contribution in [3.63, 3.8) is 0 Å². The first kappa shape index (κ1) is 16.0. The Bertz CT molecular complexity index is 688. The zero-order chi connectivity index (χ0) is 13.8. The van der Waals surface area contributed by atoms with Gasteiger partial charge in [-0.3, -0.25) is 0 Å². The van der Waals surface area contributed by atoms with Crippen LogP contribution in [0.3, 0.4) is 0 Å². The molecule has 0 atom stereocenters. The van der Waals surface area contributed by atoms with E-state index < -0.39 is 0 Å². The van der Waals surface area contributed by atoms with E-state index in [1.165, 1.54) is 6.20 Å². The van der Waals surface area contributed by atoms with Gasteiger partial charge in [-0.2, -0.15) is 5.10 Å². The minimum atomic E-state index is 0. The molecule has 0 amide bonds. The standard InChI is InChI=1S/C14H11ClN4O.Na.H/c15-14-7-13(8-17-18-14)20-9-11-1-3-12(4-2-11)19-6-5-16-10-19;;/h1-8,10H,9H2;;. The summed E-state index contributed by atoms with van der Waals surface area (Å²) in [6.45, 7) is 0.451. The van der Waals surface area contributed by atoms with Crippen LogP contribution in [0, 0.1) is 0 Å². The van der Waals surface area contributed by atoms with Crippen LogP contribution in [-0.4, -0.2) is 49.3 Å². The van der Waals surface area contributed by atoms with Crippen molar-refractivity contribution in [2.75, 3.05) is 0 Å². The molecule has 0 unspecified atom stereocenters. The van der Waals surface area contributed by atoms with E-state index in [1.807, 2.05) is 35.0 Å². The Balaban J connectivity index is 0.00000161. The summed E-state index contributed by atoms with van der Waals surface area (Å²) in [5.41, 5.74) is 2.11. The first-order chi connectivity index (χ1) is 9.81. The zero-order valence-corrected chi connectivity index (χ0v) is 11.2. The van der Waals surface area contributed by atoms with Gasteiger partial charge in [-0.25, -0.2) is 4.98 Å². The molecule has 0 radical (unpaired) electrons. The maximum absolute atomic E-state index is 5.74. The van der Waals surface area contributed by atoms with Gasteiger partial charge < -0.3 is 9.30 Å². The molecule has 21 heavy (non-hydrogen) atoms. The second-order valence-electron chi connectivity index (χ2n) is 4.14. The van der Waals surface area contributed by atoms with Gasteiger partial charge in [-0.1, -0.05) is 23.7 Å². The Morgan fingerprint density at radius 3 is 2.67 bits per heavy atom. The number of hydrogen-bond donors (Lipinski definition) is 0. The van der Waals surface area contributed by atoms with E-state index in [0.29, 0.717) is 17.5 Å². The van der Waals surface area contributed by atoms with Gasteiger partial charge in [0.1, 0.15) is 12.4 Å². The monoisotopic (exact) mass is 310 g/mol. The number of ether oxygens (including phenoxy) is 1. The molecule has 0 saturated heterocycles. The van der Waals surface area contributed by atoms with Gasteiger partial charge in [0.05, 0.1) is 12.5 Å². The average Bonchev–Trinajstić information content (AvgIpc) is 3.00. The molecular weight excluding hydrogens is 299 g/mol. The van der Waals surface area contributed by atoms with Crippen LogP contribution in [0.25, 0.3) is 5.69 Å². The fourth-order valence-electron chi connectivity index (χ4n) is 1.75. The number of nitrogens with zero attached hydrogens (tertiary/aromatic N) is 4. The summed E-state index contributed by atoms with van der Waals surface area (Å²) in [6, 6.07) is 9.67. The van der Waals surface area contributed by atoms with E-state index in [4.69, 9.17) is 16.3 Å². The molecule has 3 aromatic rings. The number of halogens is 1. The third kappa shape index (κ3) is 4.28. The van der Waals surface area contributed by atoms with Crippen LogP contribution >= 0.6 is 11.6 Å². The third-order valence-corrected chi connectivity index (χ3v) is 2.93. The summed E-state index contributed by atoms with van der Waals surface area (Å²) in [5.74, 6) is 0.601. The van der Waals surface area contributed by atoms with E-state index in [9.17, 15) is 0 Å². The minimum absolute atomic E-state index is 0. The van der Waals surface area contributed by atoms with Gasteiger partial charge in [0.15, 0.2) is 5.15 Å². The molecule has 0 aliphatic heterocycles. The van der Waals surface area contributed by atoms with Crippen LogP contribution in [0.1, 0.15) is 5.56 Å². The summed E-state index contributed by atoms with van der Waals surface area (Å²) >= 11 is 5.74. The van der Waals surface area contributed by atoms with Crippen molar-refractivity contribution in [1.29, 1.82) is 0 Å². The van der Waals surface area contributed by atoms with Crippen LogP contribution in [0.15, 0.2) is 55.2 Å². The fourth-order valence-corrected chi connectivity index (χ4v) is 1.90. The number of imidazole rings is 1. The molecule has 3 rings (SSSR count). The van der Waals surface area contributed by atoms with Crippen LogP contribution in [0.4, 0.5) is 0 Å². The van der Waals surface area contributed by atoms with E-state index in [1.54, 1.807) is 18.6 Å². The van der Waals surface area contributed by atoms with Crippen molar-refractivity contribution < 1.29 is 4.74 Å². The number of aromatic nitrogens is 4. The van der Waals surface area contributed by atoms with E-state index in [-0.39, 0.29) is 29.6 Å². The normalized spacial score (nSPS) is 9.95. The molecule has 1 aromatic carbocycles. The molecule has 5 nitrogen and oxygen atoms in total. The van der Waals surface area contributed by atoms with Crippen LogP contribution < -0.4 is 4.74 Å². The van der Waals surface area contributed by atoms with Crippen molar-refractivity contribution in [3.8, 4) is 11.4 Å². The summed E-state index contributed by atoms with van der Waals surface area (Å²) in [6.07, 6.45) is 6.94. The summed E-state index contributed by atoms with van der Waals surface area (Å²) in [5, 5.41) is 7.71. The molecule has 0 saturated carbocycles. The van der Waals surface area contributed by atoms with Gasteiger partial charge in [-0.05, 0) is 17.7 Å². The number of benzene rings is 1. The third-order valence-electron chi connectivity index (χ3n) is 2.74. The summed E-state index contributed by atoms with van der Waals surface area (Å²) in [4.78, 5) is 4.02. The molecule has 7 heteroatoms. The second-order valence-corrected chi connectivity index (χ2v) is 4.53. The van der Waals surface area contributed by atoms with Gasteiger partial charge in [0.2, 0.25) is 0 Å². The molecule has 102 valence electrons. The summed E-state index contributed by atoms with van der Waals surface area (Å²) in [7, 11) is 0. The quantitative estimate of drug-likeness (QED) is 0.694. The summed E-state index contributed by atoms with van der Waals surface area (Å²) < 4.78 is 7.54. The van der Waals surface area contributed by atoms with Gasteiger partial charge in [-0.15, -0.1) is 5.10 Å². The molecule has 2 aromatic heterocycles. The first-order valence-corrected chi connectivity index (χ1v) is 6.37. The van der Waals surface area contributed by atoms with Crippen molar-refractivity contribution in [2.24, 2.45) is 0 Å². The topological polar surface area (TPSA) is 52.8 Å². The van der Waals surface area contributed by atoms with Crippen LogP contribution in [0.2, 0.25) is 5.15 Å². The van der Waals surface area contributed by atoms with Crippen LogP contribution in [-0.2, 0) is 6.61 Å². The Kier molecular flexibility index (Phi) is 5.76. The Morgan fingerprint density at radius 2 is 2.00 bits per heavy atom. The van der Waals surface area contributed by atoms with Crippen molar-refractivity contribution in [2.45, 2.75) is 6.61 Å². The predicted octanol–water partition coefficient (Wildman–Crippen LogP) is 2.25. The zero-order valence-electron chi connectivity index (χ0n) is 10.5. The van der Waals surface area contributed by atoms with Crippen molar-refractivity contribution in [3.05, 3.63) is 66.0 Å². The van der Waals surface area contributed by atoms with Crippen LogP contribution in [0.5, 0.6) is 5.75 Å². The molecule has 0 N–H and O–H groups in total. The predicted molar refractivity (Wildman–Crippen MR) is 82.1 cm³/mol. The Morgan fingerprint density at radius 1 is 1.19 bits per heavy atom. The van der Waals surface area contributed by atoms with E-state index in [2.05, 4.69) is 15.2 Å². The number of hydrogen-bond acceptors (Lipinski definition) is 4. The first-order valence-electron chi connectivity index (χ1n) is 5.99. The van der Waals surface area contributed by atoms with E-state index in [0.717, 1.165) is 11.3 Å². The molecule has 0 aliphatic rings. The fraction of sp³-hybridized carbons (Fsp3) is 0.0714. The molecule has 0 fully saturated rings. The number of rotatable bonds is 4. The van der Waals surface area contributed by atoms with Gasteiger partial charge >= 0.3 is 29.6 Å². The van der Waals surface area contributed by atoms with Crippen molar-refractivity contribution in [1.82, 2.24) is 19.7 Å². The van der Waals surface area contributed by atoms with Gasteiger partial charge in [0.25, 0.3) is 0 Å². The van der Waals surface area contributed by atoms with Gasteiger partial charge in [0, 0.05) is 24.1 Å². The van der Waals surface area contributed by atoms with E-state index >= 15 is 0 Å². The molecule has 0 aliphatic carbocycles. The molecule has 2 heterocycles. The molecular formula is C14H12ClN4NaO.